The van der Waals surface area contributed by atoms with Gasteiger partial charge in [-0.25, -0.2) is 0 Å². The van der Waals surface area contributed by atoms with Crippen molar-refractivity contribution in [2.24, 2.45) is 5.92 Å². The molecule has 0 aromatic heterocycles. The number of amides is 1. The number of carbonyl (C=O) groups excluding carboxylic acids is 1. The second-order valence-corrected chi connectivity index (χ2v) is 11.1. The quantitative estimate of drug-likeness (QED) is 0.566. The molecule has 1 N–H and O–H groups in total. The van der Waals surface area contributed by atoms with Crippen molar-refractivity contribution in [3.8, 4) is 5.75 Å². The summed E-state index contributed by atoms with van der Waals surface area (Å²) in [6, 6.07) is 15.9. The zero-order chi connectivity index (χ0) is 27.7. The molecule has 0 spiro atoms. The molecule has 7 nitrogen and oxygen atoms in total. The van der Waals surface area contributed by atoms with Crippen LogP contribution in [0.5, 0.6) is 5.75 Å². The summed E-state index contributed by atoms with van der Waals surface area (Å²) in [7, 11) is 6.04. The molecule has 38 heavy (non-hydrogen) atoms. The molecule has 2 aromatic rings. The van der Waals surface area contributed by atoms with Crippen LogP contribution in [0.25, 0.3) is 0 Å². The number of nitrogens with zero attached hydrogens (tertiary/aromatic N) is 3. The van der Waals surface area contributed by atoms with Gasteiger partial charge in [-0.3, -0.25) is 9.69 Å². The maximum atomic E-state index is 14.1. The molecule has 0 fully saturated rings. The topological polar surface area (TPSA) is 65.5 Å². The number of carbonyl (C=O) groups is 1. The summed E-state index contributed by atoms with van der Waals surface area (Å²) in [4.78, 5) is 20.1. The first kappa shape index (κ1) is 29.9. The zero-order valence-electron chi connectivity index (χ0n) is 24.1. The Balaban J connectivity index is 1.90. The smallest absolute Gasteiger partial charge is 0.258 e. The molecule has 1 aliphatic heterocycles. The molecule has 0 aliphatic carbocycles. The molecule has 0 bridgehead atoms. The van der Waals surface area contributed by atoms with E-state index in [-0.39, 0.29) is 36.7 Å². The Labute approximate surface area is 229 Å². The number of aliphatic hydroxyl groups is 1. The summed E-state index contributed by atoms with van der Waals surface area (Å²) >= 11 is 0. The summed E-state index contributed by atoms with van der Waals surface area (Å²) in [5.74, 6) is 0.538. The van der Waals surface area contributed by atoms with E-state index in [1.54, 1.807) is 4.90 Å². The molecule has 1 aliphatic rings. The number of hydrogen-bond donors (Lipinski definition) is 1. The Morgan fingerprint density at radius 2 is 1.82 bits per heavy atom. The van der Waals surface area contributed by atoms with E-state index in [0.717, 1.165) is 38.0 Å². The van der Waals surface area contributed by atoms with Crippen LogP contribution in [0.1, 0.15) is 56.0 Å². The third-order valence-electron chi connectivity index (χ3n) is 7.34. The van der Waals surface area contributed by atoms with Crippen LogP contribution >= 0.6 is 0 Å². The Hall–Kier alpha value is -2.61. The highest BCUT2D eigenvalue weighted by Crippen LogP contribution is 2.29. The summed E-state index contributed by atoms with van der Waals surface area (Å²) in [6.45, 7) is 8.72. The van der Waals surface area contributed by atoms with Gasteiger partial charge in [-0.15, -0.1) is 0 Å². The largest absolute Gasteiger partial charge is 0.490 e. The molecule has 0 unspecified atom stereocenters. The highest BCUT2D eigenvalue weighted by atomic mass is 16.5. The van der Waals surface area contributed by atoms with Crippen LogP contribution in [0.2, 0.25) is 0 Å². The molecule has 210 valence electrons. The van der Waals surface area contributed by atoms with E-state index in [9.17, 15) is 9.90 Å². The molecule has 2 aromatic carbocycles. The number of fused-ring (bicyclic) bond motifs is 1. The van der Waals surface area contributed by atoms with E-state index in [0.29, 0.717) is 24.5 Å². The number of rotatable bonds is 7. The van der Waals surface area contributed by atoms with Crippen molar-refractivity contribution < 1.29 is 19.4 Å². The summed E-state index contributed by atoms with van der Waals surface area (Å²) < 4.78 is 12.8. The number of likely N-dealkylation sites (N-methyl/N-ethyl adjacent to an activating group) is 1. The van der Waals surface area contributed by atoms with Gasteiger partial charge in [0.25, 0.3) is 5.91 Å². The maximum Gasteiger partial charge on any atom is 0.258 e. The van der Waals surface area contributed by atoms with Crippen molar-refractivity contribution in [3.63, 3.8) is 0 Å². The second kappa shape index (κ2) is 14.5. The van der Waals surface area contributed by atoms with E-state index in [1.165, 1.54) is 5.56 Å². The Morgan fingerprint density at radius 1 is 1.08 bits per heavy atom. The lowest BCUT2D eigenvalue weighted by Gasteiger charge is -2.36. The first-order valence-corrected chi connectivity index (χ1v) is 13.9. The van der Waals surface area contributed by atoms with Crippen molar-refractivity contribution in [3.05, 3.63) is 59.7 Å². The first-order valence-electron chi connectivity index (χ1n) is 13.9. The Kier molecular flexibility index (Phi) is 11.4. The lowest BCUT2D eigenvalue weighted by molar-refractivity contribution is -0.0177. The third-order valence-corrected chi connectivity index (χ3v) is 7.34. The van der Waals surface area contributed by atoms with E-state index >= 15 is 0 Å². The van der Waals surface area contributed by atoms with Gasteiger partial charge in [-0.05, 0) is 63.9 Å². The minimum atomic E-state index is -0.339. The van der Waals surface area contributed by atoms with Crippen LogP contribution in [0.4, 0.5) is 5.69 Å². The van der Waals surface area contributed by atoms with Gasteiger partial charge in [-0.2, -0.15) is 0 Å². The van der Waals surface area contributed by atoms with Crippen LogP contribution in [-0.4, -0.2) is 86.5 Å². The SMILES string of the molecule is C[C@@H]1CN([C@H](C)CO)C(=O)c2cc(N(C)C)ccc2O[C@@H](C)CCCCO[C@@H]1CN(C)Cc1ccccc1. The van der Waals surface area contributed by atoms with Crippen LogP contribution in [0.15, 0.2) is 48.5 Å². The van der Waals surface area contributed by atoms with Gasteiger partial charge in [0.05, 0.1) is 30.4 Å². The molecule has 0 radical (unpaired) electrons. The number of anilines is 1. The predicted molar refractivity (Wildman–Crippen MR) is 154 cm³/mol. The molecule has 0 saturated carbocycles. The van der Waals surface area contributed by atoms with Gasteiger partial charge >= 0.3 is 0 Å². The summed E-state index contributed by atoms with van der Waals surface area (Å²) in [5, 5.41) is 10.1. The highest BCUT2D eigenvalue weighted by Gasteiger charge is 2.30. The molecule has 1 heterocycles. The summed E-state index contributed by atoms with van der Waals surface area (Å²) in [5.41, 5.74) is 2.73. The standard InChI is InChI=1S/C31H47N3O4/c1-23-19-34(24(2)22-35)31(36)28-18-27(32(4)5)15-16-29(28)38-25(3)12-10-11-17-37-30(23)21-33(6)20-26-13-8-7-9-14-26/h7-9,13-16,18,23-25,30,35H,10-12,17,19-22H2,1-6H3/t23-,24-,25+,30-/m1/s1. The van der Waals surface area contributed by atoms with Crippen molar-refractivity contribution in [2.45, 2.75) is 64.8 Å². The van der Waals surface area contributed by atoms with Gasteiger partial charge in [0.15, 0.2) is 0 Å². The van der Waals surface area contributed by atoms with Crippen molar-refractivity contribution >= 4 is 11.6 Å². The third kappa shape index (κ3) is 8.45. The fourth-order valence-electron chi connectivity index (χ4n) is 4.92. The number of benzene rings is 2. The Bertz CT molecular complexity index is 1000. The number of ether oxygens (including phenoxy) is 2. The molecular formula is C31H47N3O4. The van der Waals surface area contributed by atoms with E-state index in [1.807, 2.05) is 50.2 Å². The van der Waals surface area contributed by atoms with Crippen LogP contribution in [-0.2, 0) is 11.3 Å². The average Bonchev–Trinajstić information content (AvgIpc) is 2.90. The predicted octanol–water partition coefficient (Wildman–Crippen LogP) is 4.68. The van der Waals surface area contributed by atoms with E-state index < -0.39 is 0 Å². The van der Waals surface area contributed by atoms with Crippen molar-refractivity contribution in [1.82, 2.24) is 9.80 Å². The molecule has 1 amide bonds. The number of hydrogen-bond acceptors (Lipinski definition) is 6. The van der Waals surface area contributed by atoms with E-state index in [2.05, 4.69) is 50.1 Å². The lowest BCUT2D eigenvalue weighted by atomic mass is 10.0. The van der Waals surface area contributed by atoms with Gasteiger partial charge in [0.2, 0.25) is 0 Å². The van der Waals surface area contributed by atoms with E-state index in [4.69, 9.17) is 9.47 Å². The lowest BCUT2D eigenvalue weighted by Crippen LogP contribution is -2.47. The maximum absolute atomic E-state index is 14.1. The normalized spacial score (nSPS) is 22.4. The van der Waals surface area contributed by atoms with Crippen molar-refractivity contribution in [2.75, 3.05) is 52.3 Å². The van der Waals surface area contributed by atoms with Gasteiger partial charge < -0.3 is 24.4 Å². The van der Waals surface area contributed by atoms with Crippen LogP contribution in [0, 0.1) is 5.92 Å². The molecule has 4 atom stereocenters. The van der Waals surface area contributed by atoms with Crippen molar-refractivity contribution in [1.29, 1.82) is 0 Å². The van der Waals surface area contributed by atoms with Gasteiger partial charge in [0, 0.05) is 51.9 Å². The fraction of sp³-hybridized carbons (Fsp3) is 0.581. The molecule has 0 saturated heterocycles. The zero-order valence-corrected chi connectivity index (χ0v) is 24.1. The monoisotopic (exact) mass is 525 g/mol. The average molecular weight is 526 g/mol. The summed E-state index contributed by atoms with van der Waals surface area (Å²) in [6.07, 6.45) is 2.77. The minimum Gasteiger partial charge on any atom is -0.490 e. The minimum absolute atomic E-state index is 0.0230. The van der Waals surface area contributed by atoms with Gasteiger partial charge in [-0.1, -0.05) is 37.3 Å². The molecular weight excluding hydrogens is 478 g/mol. The Morgan fingerprint density at radius 3 is 2.50 bits per heavy atom. The van der Waals surface area contributed by atoms with Crippen LogP contribution < -0.4 is 9.64 Å². The molecule has 7 heteroatoms. The first-order chi connectivity index (χ1) is 18.2. The van der Waals surface area contributed by atoms with Gasteiger partial charge in [0.1, 0.15) is 5.75 Å². The highest BCUT2D eigenvalue weighted by molar-refractivity contribution is 5.98. The fourth-order valence-corrected chi connectivity index (χ4v) is 4.92. The molecule has 3 rings (SSSR count). The van der Waals surface area contributed by atoms with Crippen LogP contribution in [0.3, 0.4) is 0 Å². The second-order valence-electron chi connectivity index (χ2n) is 11.1. The number of aliphatic hydroxyl groups excluding tert-OH is 1.